The lowest BCUT2D eigenvalue weighted by Crippen LogP contribution is -2.02. The highest BCUT2D eigenvalue weighted by Gasteiger charge is 2.23. The Kier molecular flexibility index (Phi) is 3.19. The number of nitrogens with zero attached hydrogens (tertiary/aromatic N) is 7. The van der Waals surface area contributed by atoms with Crippen LogP contribution in [-0.4, -0.2) is 41.4 Å². The second-order valence-corrected chi connectivity index (χ2v) is 7.14. The molecule has 4 heterocycles. The predicted molar refractivity (Wildman–Crippen MR) is 92.7 cm³/mol. The second kappa shape index (κ2) is 5.46. The minimum Gasteiger partial charge on any atom is -0.475 e. The van der Waals surface area contributed by atoms with Crippen molar-refractivity contribution in [1.82, 2.24) is 29.4 Å². The van der Waals surface area contributed by atoms with Gasteiger partial charge in [0.25, 0.3) is 0 Å². The first-order valence-electron chi connectivity index (χ1n) is 8.04. The van der Waals surface area contributed by atoms with E-state index < -0.39 is 4.92 Å². The Balaban J connectivity index is 1.58. The van der Waals surface area contributed by atoms with Crippen LogP contribution in [-0.2, 0) is 19.4 Å². The molecule has 1 aliphatic rings. The molecule has 26 heavy (non-hydrogen) atoms. The summed E-state index contributed by atoms with van der Waals surface area (Å²) in [4.78, 5) is 22.0. The van der Waals surface area contributed by atoms with Crippen molar-refractivity contribution >= 4 is 32.9 Å². The molecule has 0 saturated heterocycles. The Bertz CT molecular complexity index is 1180. The molecule has 0 spiro atoms. The maximum atomic E-state index is 11.0. The molecule has 0 N–H and O–H groups in total. The van der Waals surface area contributed by atoms with Crippen LogP contribution in [0.15, 0.2) is 12.5 Å². The highest BCUT2D eigenvalue weighted by atomic mass is 32.1. The van der Waals surface area contributed by atoms with Gasteiger partial charge < -0.3 is 4.74 Å². The van der Waals surface area contributed by atoms with Gasteiger partial charge in [0.2, 0.25) is 0 Å². The number of aromatic nitrogens is 6. The van der Waals surface area contributed by atoms with Gasteiger partial charge in [-0.3, -0.25) is 14.8 Å². The van der Waals surface area contributed by atoms with Gasteiger partial charge in [0, 0.05) is 4.88 Å². The van der Waals surface area contributed by atoms with E-state index in [1.165, 1.54) is 28.4 Å². The average Bonchev–Trinajstić information content (AvgIpc) is 3.35. The average molecular weight is 371 g/mol. The summed E-state index contributed by atoms with van der Waals surface area (Å²) in [5.41, 5.74) is 1.92. The third-order valence-electron chi connectivity index (χ3n) is 4.49. The fourth-order valence-corrected chi connectivity index (χ4v) is 4.62. The minimum absolute atomic E-state index is 0.0292. The number of nitro groups is 1. The SMILES string of the molecule is COc1nn(Cc2nc3c4c5c(sc4ncn3n2)CCC5)cc1[N+](=O)[O-]. The van der Waals surface area contributed by atoms with Gasteiger partial charge in [-0.15, -0.1) is 21.5 Å². The molecule has 0 radical (unpaired) electrons. The maximum absolute atomic E-state index is 11.0. The summed E-state index contributed by atoms with van der Waals surface area (Å²) >= 11 is 1.72. The van der Waals surface area contributed by atoms with E-state index in [0.29, 0.717) is 5.82 Å². The molecule has 0 fully saturated rings. The van der Waals surface area contributed by atoms with E-state index in [-0.39, 0.29) is 18.1 Å². The van der Waals surface area contributed by atoms with Crippen LogP contribution in [0.5, 0.6) is 5.88 Å². The van der Waals surface area contributed by atoms with Gasteiger partial charge in [-0.2, -0.15) is 0 Å². The highest BCUT2D eigenvalue weighted by molar-refractivity contribution is 7.19. The van der Waals surface area contributed by atoms with Crippen LogP contribution in [0, 0.1) is 10.1 Å². The molecule has 0 amide bonds. The number of rotatable bonds is 4. The number of ether oxygens (including phenoxy) is 1. The van der Waals surface area contributed by atoms with E-state index in [4.69, 9.17) is 4.74 Å². The summed E-state index contributed by atoms with van der Waals surface area (Å²) in [6, 6.07) is 0. The third-order valence-corrected chi connectivity index (χ3v) is 5.69. The van der Waals surface area contributed by atoms with E-state index in [1.807, 2.05) is 0 Å². The Morgan fingerprint density at radius 2 is 2.27 bits per heavy atom. The smallest absolute Gasteiger partial charge is 0.350 e. The lowest BCUT2D eigenvalue weighted by molar-refractivity contribution is -0.385. The monoisotopic (exact) mass is 371 g/mol. The molecule has 4 aromatic rings. The van der Waals surface area contributed by atoms with Crippen LogP contribution in [0.2, 0.25) is 0 Å². The zero-order chi connectivity index (χ0) is 17.8. The molecule has 0 atom stereocenters. The van der Waals surface area contributed by atoms with Crippen LogP contribution in [0.25, 0.3) is 15.9 Å². The van der Waals surface area contributed by atoms with E-state index in [9.17, 15) is 10.1 Å². The first kappa shape index (κ1) is 15.2. The van der Waals surface area contributed by atoms with Crippen molar-refractivity contribution < 1.29 is 9.66 Å². The topological polar surface area (TPSA) is 113 Å². The lowest BCUT2D eigenvalue weighted by Gasteiger charge is -1.95. The number of hydrogen-bond acceptors (Lipinski definition) is 8. The Morgan fingerprint density at radius 3 is 3.04 bits per heavy atom. The van der Waals surface area contributed by atoms with Crippen molar-refractivity contribution in [1.29, 1.82) is 0 Å². The van der Waals surface area contributed by atoms with E-state index in [2.05, 4.69) is 20.2 Å². The zero-order valence-corrected chi connectivity index (χ0v) is 14.6. The van der Waals surface area contributed by atoms with Crippen molar-refractivity contribution in [2.75, 3.05) is 7.11 Å². The van der Waals surface area contributed by atoms with Gasteiger partial charge in [0.15, 0.2) is 11.5 Å². The van der Waals surface area contributed by atoms with Crippen molar-refractivity contribution in [3.8, 4) is 5.88 Å². The molecule has 11 heteroatoms. The number of hydrogen-bond donors (Lipinski definition) is 0. The quantitative estimate of drug-likeness (QED) is 0.398. The van der Waals surface area contributed by atoms with Crippen LogP contribution < -0.4 is 4.74 Å². The molecule has 132 valence electrons. The van der Waals surface area contributed by atoms with Crippen LogP contribution in [0.3, 0.4) is 0 Å². The first-order valence-corrected chi connectivity index (χ1v) is 8.86. The molecule has 4 aromatic heterocycles. The number of methoxy groups -OCH3 is 1. The summed E-state index contributed by atoms with van der Waals surface area (Å²) < 4.78 is 8.03. The third kappa shape index (κ3) is 2.17. The normalized spacial score (nSPS) is 13.6. The Hall–Kier alpha value is -3.08. The van der Waals surface area contributed by atoms with Crippen molar-refractivity contribution in [3.63, 3.8) is 0 Å². The van der Waals surface area contributed by atoms with Crippen LogP contribution >= 0.6 is 11.3 Å². The van der Waals surface area contributed by atoms with Gasteiger partial charge >= 0.3 is 11.6 Å². The van der Waals surface area contributed by atoms with Gasteiger partial charge in [-0.25, -0.2) is 14.5 Å². The molecule has 0 bridgehead atoms. The first-order chi connectivity index (χ1) is 12.6. The van der Waals surface area contributed by atoms with Crippen molar-refractivity contribution in [2.45, 2.75) is 25.8 Å². The molecular weight excluding hydrogens is 358 g/mol. The Labute approximate surface area is 150 Å². The van der Waals surface area contributed by atoms with Crippen molar-refractivity contribution in [3.05, 3.63) is 38.9 Å². The van der Waals surface area contributed by atoms with E-state index >= 15 is 0 Å². The molecule has 1 aliphatic carbocycles. The molecule has 5 rings (SSSR count). The molecule has 0 unspecified atom stereocenters. The fraction of sp³-hybridized carbons (Fsp3) is 0.333. The largest absolute Gasteiger partial charge is 0.475 e. The number of aryl methyl sites for hydroxylation is 2. The second-order valence-electron chi connectivity index (χ2n) is 6.06. The summed E-state index contributed by atoms with van der Waals surface area (Å²) in [6.45, 7) is 0.208. The zero-order valence-electron chi connectivity index (χ0n) is 13.7. The Morgan fingerprint density at radius 1 is 1.38 bits per heavy atom. The highest BCUT2D eigenvalue weighted by Crippen LogP contribution is 2.37. The molecule has 10 nitrogen and oxygen atoms in total. The summed E-state index contributed by atoms with van der Waals surface area (Å²) in [5, 5.41) is 20.6. The van der Waals surface area contributed by atoms with E-state index in [0.717, 1.165) is 35.1 Å². The molecule has 0 saturated carbocycles. The minimum atomic E-state index is -0.526. The number of fused-ring (bicyclic) bond motifs is 5. The van der Waals surface area contributed by atoms with Gasteiger partial charge in [-0.1, -0.05) is 0 Å². The number of thiophene rings is 1. The summed E-state index contributed by atoms with van der Waals surface area (Å²) in [5.74, 6) is 0.482. The van der Waals surface area contributed by atoms with Crippen molar-refractivity contribution in [2.24, 2.45) is 0 Å². The van der Waals surface area contributed by atoms with Crippen LogP contribution in [0.1, 0.15) is 22.7 Å². The molecular formula is C15H13N7O3S. The molecule has 0 aromatic carbocycles. The maximum Gasteiger partial charge on any atom is 0.350 e. The molecule has 0 aliphatic heterocycles. The summed E-state index contributed by atoms with van der Waals surface area (Å²) in [7, 11) is 1.35. The lowest BCUT2D eigenvalue weighted by atomic mass is 10.2. The summed E-state index contributed by atoms with van der Waals surface area (Å²) in [6.07, 6.45) is 6.28. The van der Waals surface area contributed by atoms with E-state index in [1.54, 1.807) is 22.2 Å². The van der Waals surface area contributed by atoms with Gasteiger partial charge in [0.05, 0.1) is 17.4 Å². The van der Waals surface area contributed by atoms with Crippen LogP contribution in [0.4, 0.5) is 5.69 Å². The fourth-order valence-electron chi connectivity index (χ4n) is 3.39. The van der Waals surface area contributed by atoms with Gasteiger partial charge in [-0.05, 0) is 24.8 Å². The standard InChI is InChI=1S/C15H13N7O3S/c1-25-14-9(22(23)24)5-20(19-14)6-11-17-13-12-8-3-2-4-10(8)26-15(12)16-7-21(13)18-11/h5,7H,2-4,6H2,1H3. The van der Waals surface area contributed by atoms with Gasteiger partial charge in [0.1, 0.15) is 23.9 Å². The predicted octanol–water partition coefficient (Wildman–Crippen LogP) is 1.99.